The Kier molecular flexibility index (Phi) is 10.5. The zero-order chi connectivity index (χ0) is 23.3. The summed E-state index contributed by atoms with van der Waals surface area (Å²) in [5.74, 6) is 0.580. The molecule has 0 radical (unpaired) electrons. The highest BCUT2D eigenvalue weighted by Crippen LogP contribution is 2.37. The van der Waals surface area contributed by atoms with Crippen molar-refractivity contribution in [2.45, 2.75) is 40.5 Å². The van der Waals surface area contributed by atoms with E-state index in [1.165, 1.54) is 0 Å². The molecule has 174 valence electrons. The molecule has 0 fully saturated rings. The van der Waals surface area contributed by atoms with Gasteiger partial charge in [0.1, 0.15) is 11.5 Å². The number of nitrogens with zero attached hydrogens (tertiary/aromatic N) is 1. The number of anilines is 2. The molecule has 2 rings (SSSR count). The van der Waals surface area contributed by atoms with Crippen molar-refractivity contribution in [3.05, 3.63) is 48.0 Å². The number of nitrogens with one attached hydrogen (secondary N) is 2. The van der Waals surface area contributed by atoms with Crippen LogP contribution >= 0.6 is 0 Å². The predicted octanol–water partition coefficient (Wildman–Crippen LogP) is 4.80. The van der Waals surface area contributed by atoms with Gasteiger partial charge in [-0.15, -0.1) is 0 Å². The monoisotopic (exact) mass is 441 g/mol. The molecule has 7 heteroatoms. The van der Waals surface area contributed by atoms with Gasteiger partial charge in [0.25, 0.3) is 5.91 Å². The molecule has 0 aromatic heterocycles. The van der Waals surface area contributed by atoms with Crippen molar-refractivity contribution in [3.63, 3.8) is 0 Å². The van der Waals surface area contributed by atoms with Crippen molar-refractivity contribution in [2.75, 3.05) is 43.5 Å². The fourth-order valence-corrected chi connectivity index (χ4v) is 3.38. The lowest BCUT2D eigenvalue weighted by Crippen LogP contribution is -2.34. The van der Waals surface area contributed by atoms with E-state index in [-0.39, 0.29) is 11.8 Å². The van der Waals surface area contributed by atoms with E-state index in [4.69, 9.17) is 9.47 Å². The van der Waals surface area contributed by atoms with Crippen molar-refractivity contribution < 1.29 is 19.1 Å². The van der Waals surface area contributed by atoms with Crippen LogP contribution in [0.1, 0.15) is 50.9 Å². The third kappa shape index (κ3) is 7.57. The first-order chi connectivity index (χ1) is 15.5. The SMILES string of the molecule is CCCN(CCC)CC(=O)Nc1cc(OCC)c(NC(=O)c2ccccc2)cc1OCC. The fourth-order valence-electron chi connectivity index (χ4n) is 3.38. The molecule has 0 saturated carbocycles. The molecule has 2 aromatic carbocycles. The molecule has 2 N–H and O–H groups in total. The van der Waals surface area contributed by atoms with Gasteiger partial charge in [-0.1, -0.05) is 32.0 Å². The van der Waals surface area contributed by atoms with Gasteiger partial charge >= 0.3 is 0 Å². The van der Waals surface area contributed by atoms with Gasteiger partial charge in [-0.3, -0.25) is 14.5 Å². The minimum atomic E-state index is -0.249. The Morgan fingerprint density at radius 3 is 1.84 bits per heavy atom. The van der Waals surface area contributed by atoms with Gasteiger partial charge in [0.15, 0.2) is 0 Å². The van der Waals surface area contributed by atoms with Gasteiger partial charge in [0.05, 0.1) is 31.1 Å². The van der Waals surface area contributed by atoms with Gasteiger partial charge in [-0.25, -0.2) is 0 Å². The Labute approximate surface area is 191 Å². The van der Waals surface area contributed by atoms with Gasteiger partial charge in [-0.05, 0) is 51.9 Å². The molecular weight excluding hydrogens is 406 g/mol. The number of amides is 2. The average molecular weight is 442 g/mol. The average Bonchev–Trinajstić information content (AvgIpc) is 2.77. The number of carbonyl (C=O) groups is 2. The molecule has 0 aliphatic carbocycles. The Morgan fingerprint density at radius 2 is 1.34 bits per heavy atom. The quantitative estimate of drug-likeness (QED) is 0.467. The smallest absolute Gasteiger partial charge is 0.255 e. The van der Waals surface area contributed by atoms with E-state index < -0.39 is 0 Å². The first-order valence-corrected chi connectivity index (χ1v) is 11.3. The molecule has 0 bridgehead atoms. The first-order valence-electron chi connectivity index (χ1n) is 11.3. The Bertz CT molecular complexity index is 865. The lowest BCUT2D eigenvalue weighted by atomic mass is 10.2. The zero-order valence-corrected chi connectivity index (χ0v) is 19.6. The summed E-state index contributed by atoms with van der Waals surface area (Å²) in [5, 5.41) is 5.85. The Hall–Kier alpha value is -3.06. The Morgan fingerprint density at radius 1 is 0.812 bits per heavy atom. The number of ether oxygens (including phenoxy) is 2. The topological polar surface area (TPSA) is 79.9 Å². The third-order valence-electron chi connectivity index (χ3n) is 4.69. The van der Waals surface area contributed by atoms with E-state index in [0.717, 1.165) is 25.9 Å². The maximum Gasteiger partial charge on any atom is 0.255 e. The molecule has 0 unspecified atom stereocenters. The zero-order valence-electron chi connectivity index (χ0n) is 19.6. The van der Waals surface area contributed by atoms with Crippen molar-refractivity contribution >= 4 is 23.2 Å². The molecule has 0 atom stereocenters. The second-order valence-corrected chi connectivity index (χ2v) is 7.36. The molecule has 0 aliphatic heterocycles. The highest BCUT2D eigenvalue weighted by molar-refractivity contribution is 6.05. The number of hydrogen-bond donors (Lipinski definition) is 2. The van der Waals surface area contributed by atoms with Crippen LogP contribution in [-0.4, -0.2) is 49.6 Å². The van der Waals surface area contributed by atoms with Crippen molar-refractivity contribution in [3.8, 4) is 11.5 Å². The predicted molar refractivity (Wildman–Crippen MR) is 129 cm³/mol. The molecule has 2 aromatic rings. The summed E-state index contributed by atoms with van der Waals surface area (Å²) in [4.78, 5) is 27.5. The van der Waals surface area contributed by atoms with Crippen molar-refractivity contribution in [1.29, 1.82) is 0 Å². The van der Waals surface area contributed by atoms with E-state index in [2.05, 4.69) is 29.4 Å². The van der Waals surface area contributed by atoms with Gasteiger partial charge in [-0.2, -0.15) is 0 Å². The van der Waals surface area contributed by atoms with Gasteiger partial charge < -0.3 is 20.1 Å². The second-order valence-electron chi connectivity index (χ2n) is 7.36. The van der Waals surface area contributed by atoms with Gasteiger partial charge in [0, 0.05) is 17.7 Å². The third-order valence-corrected chi connectivity index (χ3v) is 4.69. The van der Waals surface area contributed by atoms with Crippen LogP contribution < -0.4 is 20.1 Å². The van der Waals surface area contributed by atoms with E-state index in [1.807, 2.05) is 32.0 Å². The summed E-state index contributed by atoms with van der Waals surface area (Å²) >= 11 is 0. The van der Waals surface area contributed by atoms with Crippen LogP contribution in [0, 0.1) is 0 Å². The van der Waals surface area contributed by atoms with Crippen LogP contribution in [0.5, 0.6) is 11.5 Å². The maximum absolute atomic E-state index is 12.7. The maximum atomic E-state index is 12.7. The lowest BCUT2D eigenvalue weighted by molar-refractivity contribution is -0.117. The van der Waals surface area contributed by atoms with E-state index >= 15 is 0 Å². The van der Waals surface area contributed by atoms with E-state index in [9.17, 15) is 9.59 Å². The van der Waals surface area contributed by atoms with Crippen molar-refractivity contribution in [1.82, 2.24) is 4.90 Å². The van der Waals surface area contributed by atoms with Crippen molar-refractivity contribution in [2.24, 2.45) is 0 Å². The molecule has 32 heavy (non-hydrogen) atoms. The number of rotatable bonds is 13. The summed E-state index contributed by atoms with van der Waals surface area (Å²) < 4.78 is 11.5. The molecule has 7 nitrogen and oxygen atoms in total. The van der Waals surface area contributed by atoms with Crippen LogP contribution in [0.25, 0.3) is 0 Å². The fraction of sp³-hybridized carbons (Fsp3) is 0.440. The number of hydrogen-bond acceptors (Lipinski definition) is 5. The number of benzene rings is 2. The van der Waals surface area contributed by atoms with E-state index in [1.54, 1.807) is 24.3 Å². The number of carbonyl (C=O) groups excluding carboxylic acids is 2. The Balaban J connectivity index is 2.27. The molecule has 0 saturated heterocycles. The molecule has 0 aliphatic rings. The summed E-state index contributed by atoms with van der Waals surface area (Å²) in [6.07, 6.45) is 1.98. The molecule has 0 spiro atoms. The summed E-state index contributed by atoms with van der Waals surface area (Å²) in [5.41, 5.74) is 1.55. The van der Waals surface area contributed by atoms with Crippen LogP contribution in [0.2, 0.25) is 0 Å². The molecule has 0 heterocycles. The first kappa shape index (κ1) is 25.2. The van der Waals surface area contributed by atoms with Crippen LogP contribution in [0.3, 0.4) is 0 Å². The molecular formula is C25H35N3O4. The lowest BCUT2D eigenvalue weighted by Gasteiger charge is -2.21. The highest BCUT2D eigenvalue weighted by atomic mass is 16.5. The van der Waals surface area contributed by atoms with E-state index in [0.29, 0.717) is 48.2 Å². The summed E-state index contributed by atoms with van der Waals surface area (Å²) in [6, 6.07) is 12.4. The second kappa shape index (κ2) is 13.4. The van der Waals surface area contributed by atoms with Crippen LogP contribution in [0.15, 0.2) is 42.5 Å². The van der Waals surface area contributed by atoms with Crippen LogP contribution in [-0.2, 0) is 4.79 Å². The summed E-state index contributed by atoms with van der Waals surface area (Å²) in [7, 11) is 0. The van der Waals surface area contributed by atoms with Gasteiger partial charge in [0.2, 0.25) is 5.91 Å². The summed E-state index contributed by atoms with van der Waals surface area (Å²) in [6.45, 7) is 10.8. The molecule has 2 amide bonds. The normalized spacial score (nSPS) is 10.7. The van der Waals surface area contributed by atoms with Crippen LogP contribution in [0.4, 0.5) is 11.4 Å². The standard InChI is InChI=1S/C25H35N3O4/c1-5-14-28(15-6-2)18-24(29)26-20-16-23(32-8-4)21(17-22(20)31-7-3)27-25(30)19-12-10-9-11-13-19/h9-13,16-17H,5-8,14-15,18H2,1-4H3,(H,26,29)(H,27,30). The minimum Gasteiger partial charge on any atom is -0.492 e. The largest absolute Gasteiger partial charge is 0.492 e. The highest BCUT2D eigenvalue weighted by Gasteiger charge is 2.18. The minimum absolute atomic E-state index is 0.114.